The lowest BCUT2D eigenvalue weighted by Crippen LogP contribution is -2.40. The highest BCUT2D eigenvalue weighted by molar-refractivity contribution is 5.30. The van der Waals surface area contributed by atoms with Gasteiger partial charge in [-0.3, -0.25) is 0 Å². The molecule has 50 valence electrons. The van der Waals surface area contributed by atoms with Crippen LogP contribution in [-0.2, 0) is 0 Å². The van der Waals surface area contributed by atoms with E-state index in [0.717, 1.165) is 19.5 Å². The Bertz CT molecular complexity index is 162. The van der Waals surface area contributed by atoms with Crippen LogP contribution in [0.1, 0.15) is 12.8 Å². The molecule has 0 amide bonds. The summed E-state index contributed by atoms with van der Waals surface area (Å²) in [5.74, 6) is 0. The third kappa shape index (κ3) is 0.635. The van der Waals surface area contributed by atoms with Crippen molar-refractivity contribution in [1.29, 1.82) is 0 Å². The van der Waals surface area contributed by atoms with E-state index < -0.39 is 0 Å². The van der Waals surface area contributed by atoms with Crippen LogP contribution >= 0.6 is 0 Å². The molecule has 1 fully saturated rings. The van der Waals surface area contributed by atoms with E-state index in [4.69, 9.17) is 5.73 Å². The van der Waals surface area contributed by atoms with Crippen molar-refractivity contribution >= 4 is 0 Å². The fourth-order valence-electron chi connectivity index (χ4n) is 1.74. The molecule has 3 N–H and O–H groups in total. The van der Waals surface area contributed by atoms with Gasteiger partial charge in [-0.05, 0) is 18.4 Å². The van der Waals surface area contributed by atoms with Gasteiger partial charge in [0, 0.05) is 13.1 Å². The van der Waals surface area contributed by atoms with Crippen LogP contribution in [0.15, 0.2) is 11.6 Å². The van der Waals surface area contributed by atoms with Gasteiger partial charge in [0.15, 0.2) is 0 Å². The first-order valence-electron chi connectivity index (χ1n) is 3.50. The van der Waals surface area contributed by atoms with E-state index in [-0.39, 0.29) is 5.54 Å². The van der Waals surface area contributed by atoms with Crippen molar-refractivity contribution in [2.24, 2.45) is 5.73 Å². The Morgan fingerprint density at radius 2 is 2.56 bits per heavy atom. The lowest BCUT2D eigenvalue weighted by Gasteiger charge is -2.18. The number of allylic oxidation sites excluding steroid dienone is 1. The van der Waals surface area contributed by atoms with Crippen molar-refractivity contribution < 1.29 is 0 Å². The molecule has 0 radical (unpaired) electrons. The summed E-state index contributed by atoms with van der Waals surface area (Å²) < 4.78 is 0. The molecule has 1 heterocycles. The Hall–Kier alpha value is -0.340. The van der Waals surface area contributed by atoms with E-state index >= 15 is 0 Å². The van der Waals surface area contributed by atoms with Gasteiger partial charge in [0.05, 0.1) is 5.54 Å². The minimum atomic E-state index is 0.0556. The Morgan fingerprint density at radius 1 is 1.67 bits per heavy atom. The summed E-state index contributed by atoms with van der Waals surface area (Å²) in [5, 5.41) is 3.27. The van der Waals surface area contributed by atoms with Gasteiger partial charge in [-0.15, -0.1) is 0 Å². The number of hydrogen-bond donors (Lipinski definition) is 2. The van der Waals surface area contributed by atoms with Gasteiger partial charge in [-0.1, -0.05) is 6.08 Å². The second-order valence-corrected chi connectivity index (χ2v) is 3.03. The molecule has 1 saturated heterocycles. The number of nitrogens with two attached hydrogens (primary N) is 1. The molecule has 1 aliphatic carbocycles. The largest absolute Gasteiger partial charge is 0.321 e. The minimum Gasteiger partial charge on any atom is -0.321 e. The molecule has 0 aromatic rings. The average molecular weight is 124 g/mol. The summed E-state index contributed by atoms with van der Waals surface area (Å²) in [6.07, 6.45) is 4.61. The molecule has 9 heavy (non-hydrogen) atoms. The second kappa shape index (κ2) is 1.58. The molecule has 0 aromatic carbocycles. The molecule has 1 aliphatic heterocycles. The highest BCUT2D eigenvalue weighted by Crippen LogP contribution is 2.30. The minimum absolute atomic E-state index is 0.0556. The predicted octanol–water partition coefficient (Wildman–Crippen LogP) is 0.00730. The van der Waals surface area contributed by atoms with Crippen LogP contribution in [0.3, 0.4) is 0 Å². The third-order valence-electron chi connectivity index (χ3n) is 2.38. The topological polar surface area (TPSA) is 38.0 Å². The molecule has 0 aromatic heterocycles. The zero-order valence-corrected chi connectivity index (χ0v) is 5.48. The van der Waals surface area contributed by atoms with Crippen LogP contribution in [0.5, 0.6) is 0 Å². The zero-order chi connectivity index (χ0) is 6.32. The number of hydrogen-bond acceptors (Lipinski definition) is 2. The van der Waals surface area contributed by atoms with Crippen molar-refractivity contribution in [3.63, 3.8) is 0 Å². The van der Waals surface area contributed by atoms with Crippen molar-refractivity contribution in [3.8, 4) is 0 Å². The maximum atomic E-state index is 6.03. The van der Waals surface area contributed by atoms with Crippen LogP contribution in [0.25, 0.3) is 0 Å². The molecule has 1 atom stereocenters. The summed E-state index contributed by atoms with van der Waals surface area (Å²) in [4.78, 5) is 0. The summed E-state index contributed by atoms with van der Waals surface area (Å²) in [7, 11) is 0. The molecule has 2 rings (SSSR count). The van der Waals surface area contributed by atoms with Gasteiger partial charge < -0.3 is 11.1 Å². The molecule has 2 heteroatoms. The molecular formula is C7H12N2. The summed E-state index contributed by atoms with van der Waals surface area (Å²) in [5.41, 5.74) is 7.52. The summed E-state index contributed by atoms with van der Waals surface area (Å²) in [6.45, 7) is 2.01. The van der Waals surface area contributed by atoms with Crippen LogP contribution in [0.4, 0.5) is 0 Å². The second-order valence-electron chi connectivity index (χ2n) is 3.03. The number of nitrogens with one attached hydrogen (secondary N) is 1. The fourth-order valence-corrected chi connectivity index (χ4v) is 1.74. The van der Waals surface area contributed by atoms with Crippen LogP contribution in [-0.4, -0.2) is 18.6 Å². The van der Waals surface area contributed by atoms with Gasteiger partial charge in [0.1, 0.15) is 0 Å². The van der Waals surface area contributed by atoms with Gasteiger partial charge in [0.25, 0.3) is 0 Å². The molecule has 1 unspecified atom stereocenters. The van der Waals surface area contributed by atoms with E-state index in [2.05, 4.69) is 11.4 Å². The zero-order valence-electron chi connectivity index (χ0n) is 5.48. The first-order valence-corrected chi connectivity index (χ1v) is 3.50. The fraction of sp³-hybridized carbons (Fsp3) is 0.714. The molecule has 0 saturated carbocycles. The molecule has 0 spiro atoms. The van der Waals surface area contributed by atoms with E-state index in [1.165, 1.54) is 12.0 Å². The van der Waals surface area contributed by atoms with Gasteiger partial charge in [-0.25, -0.2) is 0 Å². The molecule has 2 nitrogen and oxygen atoms in total. The van der Waals surface area contributed by atoms with Crippen molar-refractivity contribution in [3.05, 3.63) is 11.6 Å². The van der Waals surface area contributed by atoms with Crippen molar-refractivity contribution in [2.75, 3.05) is 13.1 Å². The lowest BCUT2D eigenvalue weighted by molar-refractivity contribution is 0.523. The van der Waals surface area contributed by atoms with Crippen LogP contribution in [0.2, 0.25) is 0 Å². The maximum Gasteiger partial charge on any atom is 0.0510 e. The molecular weight excluding hydrogens is 112 g/mol. The highest BCUT2D eigenvalue weighted by atomic mass is 15.0. The number of rotatable bonds is 0. The Balaban J connectivity index is 2.31. The van der Waals surface area contributed by atoms with E-state index in [0.29, 0.717) is 0 Å². The molecule has 0 bridgehead atoms. The first kappa shape index (κ1) is 5.45. The van der Waals surface area contributed by atoms with Gasteiger partial charge >= 0.3 is 0 Å². The van der Waals surface area contributed by atoms with Crippen LogP contribution < -0.4 is 11.1 Å². The van der Waals surface area contributed by atoms with E-state index in [1.807, 2.05) is 0 Å². The SMILES string of the molecule is NC12CCC=C1CNC2. The quantitative estimate of drug-likeness (QED) is 0.446. The lowest BCUT2D eigenvalue weighted by atomic mass is 9.97. The number of fused-ring (bicyclic) bond motifs is 1. The monoisotopic (exact) mass is 124 g/mol. The third-order valence-corrected chi connectivity index (χ3v) is 2.38. The standard InChI is InChI=1S/C7H12N2/c8-7-3-1-2-6(7)4-9-5-7/h2,9H,1,3-5,8H2. The van der Waals surface area contributed by atoms with Crippen molar-refractivity contribution in [1.82, 2.24) is 5.32 Å². The maximum absolute atomic E-state index is 6.03. The summed E-state index contributed by atoms with van der Waals surface area (Å²) in [6, 6.07) is 0. The van der Waals surface area contributed by atoms with Gasteiger partial charge in [-0.2, -0.15) is 0 Å². The normalized spacial score (nSPS) is 40.8. The van der Waals surface area contributed by atoms with Gasteiger partial charge in [0.2, 0.25) is 0 Å². The average Bonchev–Trinajstić information content (AvgIpc) is 2.22. The molecule has 2 aliphatic rings. The Kier molecular flexibility index (Phi) is 0.957. The smallest absolute Gasteiger partial charge is 0.0510 e. The summed E-state index contributed by atoms with van der Waals surface area (Å²) >= 11 is 0. The highest BCUT2D eigenvalue weighted by Gasteiger charge is 2.36. The Labute approximate surface area is 55.1 Å². The van der Waals surface area contributed by atoms with Crippen molar-refractivity contribution in [2.45, 2.75) is 18.4 Å². The van der Waals surface area contributed by atoms with E-state index in [1.54, 1.807) is 0 Å². The van der Waals surface area contributed by atoms with Crippen LogP contribution in [0, 0.1) is 0 Å². The predicted molar refractivity (Wildman–Crippen MR) is 37.1 cm³/mol. The van der Waals surface area contributed by atoms with E-state index in [9.17, 15) is 0 Å². The first-order chi connectivity index (χ1) is 4.31. The Morgan fingerprint density at radius 3 is 3.33 bits per heavy atom.